The van der Waals surface area contributed by atoms with Gasteiger partial charge in [-0.2, -0.15) is 0 Å². The quantitative estimate of drug-likeness (QED) is 0.0191. The van der Waals surface area contributed by atoms with E-state index in [-0.39, 0.29) is 64.2 Å². The summed E-state index contributed by atoms with van der Waals surface area (Å²) >= 11 is 0. The van der Waals surface area contributed by atoms with Crippen molar-refractivity contribution >= 4 is 29.7 Å². The van der Waals surface area contributed by atoms with Crippen molar-refractivity contribution in [2.24, 2.45) is 11.8 Å². The minimum atomic E-state index is -2.48. The molecule has 4 saturated heterocycles. The Hall–Kier alpha value is -4.42. The minimum absolute atomic E-state index is 0.00170. The monoisotopic (exact) mass is 917 g/mol. The Bertz CT molecular complexity index is 1740. The number of carboxylic acids is 2. The van der Waals surface area contributed by atoms with Crippen molar-refractivity contribution in [3.05, 3.63) is 37.2 Å². The van der Waals surface area contributed by atoms with Crippen LogP contribution in [-0.4, -0.2) is 193 Å². The van der Waals surface area contributed by atoms with Gasteiger partial charge in [0.15, 0.2) is 24.9 Å². The summed E-state index contributed by atoms with van der Waals surface area (Å²) in [5.41, 5.74) is 0.381. The fraction of sp³-hybridized carbons (Fsp3) is 0.711. The van der Waals surface area contributed by atoms with Crippen LogP contribution in [0.3, 0.4) is 0 Å². The molecule has 5 rings (SSSR count). The molecule has 4 fully saturated rings. The number of carbonyl (C=O) groups excluding carboxylic acids is 4. The average Bonchev–Trinajstić information content (AvgIpc) is 3.96. The summed E-state index contributed by atoms with van der Waals surface area (Å²) < 4.78 is 48.6. The second-order valence-electron chi connectivity index (χ2n) is 15.3. The Morgan fingerprint density at radius 2 is 1.59 bits per heavy atom. The molecule has 0 saturated carbocycles. The van der Waals surface area contributed by atoms with Gasteiger partial charge in [-0.15, -0.1) is 18.3 Å². The predicted octanol–water partition coefficient (Wildman–Crippen LogP) is -4.99. The standard InChI is InChI=1S/C38H54FN5O20/c1-3-20-25-26(21(4-2)60-20)35(53)44(34(25)52)11-7-5-6-10-42(23(45)8-9-24(46)47)16-19-17-43(41-40-19)12-13-57-14-15-58-38-31(51)30(50)32(33(63-38)36(54)55)62-37-27(39)29(49)28(48)22(61-37)18-59-64-56/h3-4,17,20-22,25-33,37-38,48-51,56H,1-2,5-16,18H2,(H,46,47)(H,54,55)/p-2/t20-,21+,22?,25+,26-,27?,28-,29-,30-,31?,32+,33?,37-,38-/m1/s1. The number of amides is 3. The van der Waals surface area contributed by atoms with Crippen LogP contribution in [0.5, 0.6) is 0 Å². The van der Waals surface area contributed by atoms with E-state index in [4.69, 9.17) is 28.4 Å². The van der Waals surface area contributed by atoms with Gasteiger partial charge in [0.05, 0.1) is 63.2 Å². The number of ether oxygens (including phenoxy) is 6. The van der Waals surface area contributed by atoms with Gasteiger partial charge in [-0.05, 0) is 25.7 Å². The van der Waals surface area contributed by atoms with Crippen LogP contribution in [0.25, 0.3) is 0 Å². The molecule has 3 amide bonds. The topological polar surface area (TPSA) is 344 Å². The van der Waals surface area contributed by atoms with E-state index in [2.05, 4.69) is 33.4 Å². The molecule has 0 radical (unpaired) electrons. The maximum absolute atomic E-state index is 14.8. The maximum atomic E-state index is 14.8. The Labute approximate surface area is 364 Å². The molecule has 0 aliphatic carbocycles. The number of fused-ring (bicyclic) bond motifs is 1. The third-order valence-electron chi connectivity index (χ3n) is 11.1. The molecule has 0 spiro atoms. The molecule has 25 nitrogen and oxygen atoms in total. The van der Waals surface area contributed by atoms with Gasteiger partial charge >= 0.3 is 5.97 Å². The molecule has 14 atom stereocenters. The van der Waals surface area contributed by atoms with E-state index in [9.17, 15) is 64.3 Å². The smallest absolute Gasteiger partial charge is 0.335 e. The third-order valence-corrected chi connectivity index (χ3v) is 11.1. The van der Waals surface area contributed by atoms with E-state index < -0.39 is 116 Å². The number of carbonyl (C=O) groups is 5. The fourth-order valence-electron chi connectivity index (χ4n) is 7.77. The lowest BCUT2D eigenvalue weighted by molar-refractivity contribution is -0.801. The summed E-state index contributed by atoms with van der Waals surface area (Å²) in [4.78, 5) is 69.0. The number of aliphatic carboxylic acids is 2. The van der Waals surface area contributed by atoms with Gasteiger partial charge in [-0.3, -0.25) is 24.3 Å². The zero-order valence-electron chi connectivity index (χ0n) is 34.4. The van der Waals surface area contributed by atoms with Crippen molar-refractivity contribution in [3.63, 3.8) is 0 Å². The SMILES string of the molecule is C=C[C@@H]1O[C@H](C=C)[C@@H]2C(=O)N(CCCCCN(Cc3cn(CCOCCO[C@@H]4OC(C(=O)O)[C@@H](O[C@H]5OC(COO[O-])[C@@H](O)[C@H](O)C5F)[C@H](O)C4O)nn3)C(=O)CCC(=O)[O-])C(=O)[C@@H]21. The van der Waals surface area contributed by atoms with Gasteiger partial charge in [0.25, 0.3) is 0 Å². The third kappa shape index (κ3) is 12.3. The lowest BCUT2D eigenvalue weighted by Crippen LogP contribution is -2.64. The Balaban J connectivity index is 1.04. The van der Waals surface area contributed by atoms with Gasteiger partial charge in [0.2, 0.25) is 17.7 Å². The number of hydrogen-bond acceptors (Lipinski definition) is 21. The van der Waals surface area contributed by atoms with Crippen molar-refractivity contribution in [2.75, 3.05) is 39.5 Å². The number of nitrogens with zero attached hydrogens (tertiary/aromatic N) is 5. The molecule has 358 valence electrons. The van der Waals surface area contributed by atoms with Gasteiger partial charge in [-0.1, -0.05) is 17.4 Å². The van der Waals surface area contributed by atoms with Crippen molar-refractivity contribution in [3.8, 4) is 0 Å². The number of unbranched alkanes of at least 4 members (excludes halogenated alkanes) is 2. The van der Waals surface area contributed by atoms with Crippen LogP contribution < -0.4 is 10.4 Å². The number of aliphatic hydroxyl groups excluding tert-OH is 4. The number of likely N-dealkylation sites (tertiary alicyclic amines) is 1. The molecule has 1 aromatic heterocycles. The Kier molecular flexibility index (Phi) is 18.7. The van der Waals surface area contributed by atoms with E-state index in [1.807, 2.05) is 0 Å². The number of carboxylic acid groups (broad SMARTS) is 2. The molecule has 0 aromatic carbocycles. The molecule has 5 heterocycles. The van der Waals surface area contributed by atoms with E-state index in [0.717, 1.165) is 0 Å². The highest BCUT2D eigenvalue weighted by molar-refractivity contribution is 6.06. The van der Waals surface area contributed by atoms with Gasteiger partial charge in [0.1, 0.15) is 48.9 Å². The summed E-state index contributed by atoms with van der Waals surface area (Å²) in [6.07, 6.45) is -15.9. The average molecular weight is 918 g/mol. The number of rotatable bonds is 26. The highest BCUT2D eigenvalue weighted by atomic mass is 19.1. The normalized spacial score (nSPS) is 32.7. The molecule has 5 N–H and O–H groups in total. The second kappa shape index (κ2) is 23.7. The van der Waals surface area contributed by atoms with Gasteiger partial charge in [0, 0.05) is 25.5 Å². The van der Waals surface area contributed by atoms with Crippen LogP contribution >= 0.6 is 0 Å². The number of aromatic nitrogens is 3. The van der Waals surface area contributed by atoms with Crippen LogP contribution in [0.4, 0.5) is 4.39 Å². The molecule has 26 heteroatoms. The number of hydrogen-bond donors (Lipinski definition) is 5. The number of aliphatic hydroxyl groups is 4. The molecular weight excluding hydrogens is 865 g/mol. The first-order valence-electron chi connectivity index (χ1n) is 20.4. The molecule has 4 aliphatic rings. The van der Waals surface area contributed by atoms with Crippen molar-refractivity contribution < 1.29 is 103 Å². The summed E-state index contributed by atoms with van der Waals surface area (Å²) in [7, 11) is 0. The summed E-state index contributed by atoms with van der Waals surface area (Å²) in [5, 5.41) is 83.7. The first-order chi connectivity index (χ1) is 30.6. The van der Waals surface area contributed by atoms with Crippen molar-refractivity contribution in [2.45, 2.75) is 119 Å². The van der Waals surface area contributed by atoms with Crippen molar-refractivity contribution in [1.82, 2.24) is 24.8 Å². The fourth-order valence-corrected chi connectivity index (χ4v) is 7.77. The minimum Gasteiger partial charge on any atom is -0.692 e. The van der Waals surface area contributed by atoms with Gasteiger partial charge < -0.3 is 74.0 Å². The summed E-state index contributed by atoms with van der Waals surface area (Å²) in [6, 6.07) is 0. The van der Waals surface area contributed by atoms with Crippen LogP contribution in [0.15, 0.2) is 31.5 Å². The molecule has 64 heavy (non-hydrogen) atoms. The lowest BCUT2D eigenvalue weighted by atomic mass is 9.89. The first-order valence-corrected chi connectivity index (χ1v) is 20.4. The highest BCUT2D eigenvalue weighted by Crippen LogP contribution is 2.41. The summed E-state index contributed by atoms with van der Waals surface area (Å²) in [6.45, 7) is 6.83. The van der Waals surface area contributed by atoms with Gasteiger partial charge in [-0.25, -0.2) is 18.8 Å². The zero-order chi connectivity index (χ0) is 46.7. The van der Waals surface area contributed by atoms with E-state index >= 15 is 0 Å². The molecular formula is C38H52FN5O20-2. The van der Waals surface area contributed by atoms with Crippen LogP contribution in [-0.2, 0) is 75.4 Å². The second-order valence-corrected chi connectivity index (χ2v) is 15.3. The first kappa shape index (κ1) is 50.6. The lowest BCUT2D eigenvalue weighted by Gasteiger charge is -2.44. The predicted molar refractivity (Wildman–Crippen MR) is 199 cm³/mol. The van der Waals surface area contributed by atoms with E-state index in [1.165, 1.54) is 26.6 Å². The Morgan fingerprint density at radius 1 is 0.891 bits per heavy atom. The molecule has 4 aliphatic heterocycles. The summed E-state index contributed by atoms with van der Waals surface area (Å²) in [5.74, 6) is -5.51. The largest absolute Gasteiger partial charge is 0.692 e. The zero-order valence-corrected chi connectivity index (χ0v) is 34.4. The number of alkyl halides is 1. The van der Waals surface area contributed by atoms with E-state index in [0.29, 0.717) is 25.0 Å². The van der Waals surface area contributed by atoms with Crippen LogP contribution in [0.1, 0.15) is 37.8 Å². The number of imide groups is 1. The van der Waals surface area contributed by atoms with Crippen LogP contribution in [0.2, 0.25) is 0 Å². The maximum Gasteiger partial charge on any atom is 0.335 e. The van der Waals surface area contributed by atoms with E-state index in [1.54, 1.807) is 6.20 Å². The molecule has 1 aromatic rings. The highest BCUT2D eigenvalue weighted by Gasteiger charge is 2.58. The molecule has 4 unspecified atom stereocenters. The van der Waals surface area contributed by atoms with Crippen LogP contribution in [0, 0.1) is 11.8 Å². The molecule has 0 bridgehead atoms. The number of halogens is 1. The Morgan fingerprint density at radius 3 is 2.23 bits per heavy atom. The van der Waals surface area contributed by atoms with Crippen molar-refractivity contribution in [1.29, 1.82) is 0 Å².